The van der Waals surface area contributed by atoms with Crippen molar-refractivity contribution in [3.8, 4) is 6.07 Å². The van der Waals surface area contributed by atoms with Gasteiger partial charge in [0.2, 0.25) is 17.6 Å². The Hall–Kier alpha value is -1.94. The summed E-state index contributed by atoms with van der Waals surface area (Å²) in [5.41, 5.74) is -0.861. The number of hydrogen-bond acceptors (Lipinski definition) is 6. The van der Waals surface area contributed by atoms with Crippen LogP contribution in [0.4, 0.5) is 0 Å². The van der Waals surface area contributed by atoms with Crippen molar-refractivity contribution in [2.45, 2.75) is 58.0 Å². The quantitative estimate of drug-likeness (QED) is 0.844. The number of nitriles is 1. The second-order valence-corrected chi connectivity index (χ2v) is 7.01. The third-order valence-electron chi connectivity index (χ3n) is 4.92. The van der Waals surface area contributed by atoms with Gasteiger partial charge in [0.1, 0.15) is 11.5 Å². The number of amides is 1. The van der Waals surface area contributed by atoms with Crippen molar-refractivity contribution < 1.29 is 14.1 Å². The van der Waals surface area contributed by atoms with Crippen LogP contribution in [0.5, 0.6) is 0 Å². The smallest absolute Gasteiger partial charge is 0.243 e. The molecule has 7 heteroatoms. The molecule has 2 heterocycles. The number of rotatable bonds is 3. The van der Waals surface area contributed by atoms with Crippen LogP contribution < -0.4 is 0 Å². The Morgan fingerprint density at radius 3 is 2.75 bits per heavy atom. The maximum absolute atomic E-state index is 13.0. The van der Waals surface area contributed by atoms with Crippen molar-refractivity contribution >= 4 is 5.91 Å². The van der Waals surface area contributed by atoms with Gasteiger partial charge in [0.15, 0.2) is 0 Å². The fraction of sp³-hybridized carbons (Fsp3) is 0.765. The van der Waals surface area contributed by atoms with Gasteiger partial charge in [-0.1, -0.05) is 38.3 Å². The summed E-state index contributed by atoms with van der Waals surface area (Å²) in [5.74, 6) is 1.13. The van der Waals surface area contributed by atoms with Crippen molar-refractivity contribution in [3.63, 3.8) is 0 Å². The average Bonchev–Trinajstić information content (AvgIpc) is 3.12. The number of carbonyl (C=O) groups is 1. The predicted molar refractivity (Wildman–Crippen MR) is 84.8 cm³/mol. The van der Waals surface area contributed by atoms with E-state index >= 15 is 0 Å². The molecule has 1 aromatic heterocycles. The number of hydrogen-bond donors (Lipinski definition) is 0. The first kappa shape index (κ1) is 16.9. The zero-order valence-electron chi connectivity index (χ0n) is 14.3. The Labute approximate surface area is 142 Å². The molecule has 1 aliphatic heterocycles. The average molecular weight is 332 g/mol. The normalized spacial score (nSPS) is 23.9. The molecule has 0 spiro atoms. The summed E-state index contributed by atoms with van der Waals surface area (Å²) in [4.78, 5) is 19.1. The third kappa shape index (κ3) is 3.16. The Bertz CT molecular complexity index is 628. The highest BCUT2D eigenvalue weighted by atomic mass is 16.5. The molecule has 1 atom stereocenters. The van der Waals surface area contributed by atoms with Crippen molar-refractivity contribution in [3.05, 3.63) is 11.7 Å². The SMILES string of the molecule is CC(C)c1nc(C2CN(C(=O)C3(C#N)CCCCC3)CCO2)no1. The van der Waals surface area contributed by atoms with E-state index in [0.29, 0.717) is 44.3 Å². The van der Waals surface area contributed by atoms with Crippen LogP contribution in [0.15, 0.2) is 4.52 Å². The lowest BCUT2D eigenvalue weighted by Gasteiger charge is -2.38. The van der Waals surface area contributed by atoms with E-state index in [2.05, 4.69) is 16.2 Å². The summed E-state index contributed by atoms with van der Waals surface area (Å²) in [6.45, 7) is 5.26. The van der Waals surface area contributed by atoms with Crippen molar-refractivity contribution in [1.29, 1.82) is 5.26 Å². The van der Waals surface area contributed by atoms with Gasteiger partial charge in [0, 0.05) is 12.5 Å². The van der Waals surface area contributed by atoms with E-state index in [1.807, 2.05) is 13.8 Å². The van der Waals surface area contributed by atoms with Gasteiger partial charge in [0.05, 0.1) is 19.2 Å². The van der Waals surface area contributed by atoms with Crippen molar-refractivity contribution in [1.82, 2.24) is 15.0 Å². The maximum atomic E-state index is 13.0. The lowest BCUT2D eigenvalue weighted by molar-refractivity contribution is -0.148. The van der Waals surface area contributed by atoms with E-state index in [1.54, 1.807) is 4.90 Å². The van der Waals surface area contributed by atoms with Gasteiger partial charge in [0.25, 0.3) is 0 Å². The molecule has 0 radical (unpaired) electrons. The molecule has 24 heavy (non-hydrogen) atoms. The Morgan fingerprint density at radius 2 is 2.12 bits per heavy atom. The highest BCUT2D eigenvalue weighted by Crippen LogP contribution is 2.38. The first-order valence-corrected chi connectivity index (χ1v) is 8.71. The van der Waals surface area contributed by atoms with Gasteiger partial charge >= 0.3 is 0 Å². The standard InChI is InChI=1S/C17H24N4O3/c1-12(2)15-19-14(20-24-15)13-10-21(8-9-23-13)16(22)17(11-18)6-4-3-5-7-17/h12-13H,3-10H2,1-2H3. The van der Waals surface area contributed by atoms with Gasteiger partial charge in [-0.3, -0.25) is 4.79 Å². The molecule has 0 bridgehead atoms. The van der Waals surface area contributed by atoms with Gasteiger partial charge < -0.3 is 14.2 Å². The first-order chi connectivity index (χ1) is 11.6. The molecule has 0 aromatic carbocycles. The number of carbonyl (C=O) groups excluding carboxylic acids is 1. The summed E-state index contributed by atoms with van der Waals surface area (Å²) in [7, 11) is 0. The second-order valence-electron chi connectivity index (χ2n) is 7.01. The fourth-order valence-corrected chi connectivity index (χ4v) is 3.43. The highest BCUT2D eigenvalue weighted by Gasteiger charge is 2.44. The Balaban J connectivity index is 1.72. The van der Waals surface area contributed by atoms with Crippen LogP contribution in [0, 0.1) is 16.7 Å². The summed E-state index contributed by atoms with van der Waals surface area (Å²) in [5, 5.41) is 13.6. The van der Waals surface area contributed by atoms with E-state index in [9.17, 15) is 10.1 Å². The van der Waals surface area contributed by atoms with Gasteiger partial charge in [-0.2, -0.15) is 10.2 Å². The van der Waals surface area contributed by atoms with Crippen molar-refractivity contribution in [2.24, 2.45) is 5.41 Å². The van der Waals surface area contributed by atoms with Gasteiger partial charge in [-0.05, 0) is 12.8 Å². The van der Waals surface area contributed by atoms with E-state index in [-0.39, 0.29) is 11.8 Å². The molecular weight excluding hydrogens is 308 g/mol. The minimum absolute atomic E-state index is 0.0643. The van der Waals surface area contributed by atoms with E-state index < -0.39 is 11.5 Å². The maximum Gasteiger partial charge on any atom is 0.243 e. The monoisotopic (exact) mass is 332 g/mol. The summed E-state index contributed by atoms with van der Waals surface area (Å²) in [6, 6.07) is 2.31. The van der Waals surface area contributed by atoms with Gasteiger partial charge in [-0.25, -0.2) is 0 Å². The van der Waals surface area contributed by atoms with Gasteiger partial charge in [-0.15, -0.1) is 0 Å². The van der Waals surface area contributed by atoms with Crippen molar-refractivity contribution in [2.75, 3.05) is 19.7 Å². The molecule has 1 aliphatic carbocycles. The Kier molecular flexibility index (Phi) is 4.86. The van der Waals surface area contributed by atoms with Crippen LogP contribution in [-0.2, 0) is 9.53 Å². The first-order valence-electron chi connectivity index (χ1n) is 8.71. The molecule has 1 saturated carbocycles. The molecule has 0 N–H and O–H groups in total. The second kappa shape index (κ2) is 6.89. The highest BCUT2D eigenvalue weighted by molar-refractivity contribution is 5.85. The lowest BCUT2D eigenvalue weighted by Crippen LogP contribution is -2.49. The predicted octanol–water partition coefficient (Wildman–Crippen LogP) is 2.57. The largest absolute Gasteiger partial charge is 0.366 e. The van der Waals surface area contributed by atoms with Crippen LogP contribution in [0.25, 0.3) is 0 Å². The van der Waals surface area contributed by atoms with E-state index in [1.165, 1.54) is 0 Å². The third-order valence-corrected chi connectivity index (χ3v) is 4.92. The number of ether oxygens (including phenoxy) is 1. The molecule has 1 unspecified atom stereocenters. The van der Waals surface area contributed by atoms with Crippen LogP contribution in [0.2, 0.25) is 0 Å². The number of aromatic nitrogens is 2. The number of nitrogens with zero attached hydrogens (tertiary/aromatic N) is 4. The van der Waals surface area contributed by atoms with Crippen LogP contribution in [0.3, 0.4) is 0 Å². The molecule has 1 aromatic rings. The molecule has 7 nitrogen and oxygen atoms in total. The minimum atomic E-state index is -0.861. The van der Waals surface area contributed by atoms with Crippen LogP contribution in [-0.4, -0.2) is 40.6 Å². The zero-order valence-corrected chi connectivity index (χ0v) is 14.3. The molecule has 2 aliphatic rings. The summed E-state index contributed by atoms with van der Waals surface area (Å²) >= 11 is 0. The summed E-state index contributed by atoms with van der Waals surface area (Å²) < 4.78 is 11.0. The summed E-state index contributed by atoms with van der Waals surface area (Å²) in [6.07, 6.45) is 3.90. The molecule has 3 rings (SSSR count). The number of morpholine rings is 1. The Morgan fingerprint density at radius 1 is 1.38 bits per heavy atom. The van der Waals surface area contributed by atoms with E-state index in [0.717, 1.165) is 19.3 Å². The zero-order chi connectivity index (χ0) is 17.2. The fourth-order valence-electron chi connectivity index (χ4n) is 3.43. The molecular formula is C17H24N4O3. The molecule has 2 fully saturated rings. The molecule has 1 saturated heterocycles. The van der Waals surface area contributed by atoms with E-state index in [4.69, 9.17) is 9.26 Å². The topological polar surface area (TPSA) is 92.2 Å². The molecule has 1 amide bonds. The van der Waals surface area contributed by atoms with Crippen LogP contribution in [0.1, 0.15) is 69.7 Å². The molecule has 130 valence electrons. The minimum Gasteiger partial charge on any atom is -0.366 e. The van der Waals surface area contributed by atoms with Crippen LogP contribution >= 0.6 is 0 Å². The lowest BCUT2D eigenvalue weighted by atomic mass is 9.74.